The minimum absolute atomic E-state index is 0.0477. The molecule has 2 rings (SSSR count). The van der Waals surface area contributed by atoms with E-state index in [-0.39, 0.29) is 10.9 Å². The number of benzene rings is 2. The first-order valence-electron chi connectivity index (χ1n) is 7.88. The van der Waals surface area contributed by atoms with E-state index in [1.54, 1.807) is 48.5 Å². The first-order chi connectivity index (χ1) is 13.1. The number of rotatable bonds is 5. The molecule has 2 aromatic carbocycles. The van der Waals surface area contributed by atoms with Gasteiger partial charge in [-0.25, -0.2) is 0 Å². The summed E-state index contributed by atoms with van der Waals surface area (Å²) in [6.07, 6.45) is -1.11. The molecule has 0 saturated carbocycles. The van der Waals surface area contributed by atoms with Crippen LogP contribution >= 0.6 is 58.6 Å². The van der Waals surface area contributed by atoms with Gasteiger partial charge in [-0.05, 0) is 67.7 Å². The molecule has 28 heavy (non-hydrogen) atoms. The van der Waals surface area contributed by atoms with Gasteiger partial charge in [-0.3, -0.25) is 9.59 Å². The van der Waals surface area contributed by atoms with Gasteiger partial charge in [0.1, 0.15) is 6.17 Å². The highest BCUT2D eigenvalue weighted by molar-refractivity contribution is 7.80. The lowest BCUT2D eigenvalue weighted by Gasteiger charge is -2.27. The molecule has 0 aliphatic carbocycles. The number of anilines is 1. The van der Waals surface area contributed by atoms with E-state index >= 15 is 0 Å². The lowest BCUT2D eigenvalue weighted by atomic mass is 10.1. The fourth-order valence-electron chi connectivity index (χ4n) is 2.10. The molecule has 0 radical (unpaired) electrons. The van der Waals surface area contributed by atoms with Gasteiger partial charge in [0.15, 0.2) is 10.9 Å². The van der Waals surface area contributed by atoms with Crippen LogP contribution in [0.5, 0.6) is 0 Å². The summed E-state index contributed by atoms with van der Waals surface area (Å²) in [6, 6.07) is 12.9. The van der Waals surface area contributed by atoms with Crippen LogP contribution in [0.3, 0.4) is 0 Å². The highest BCUT2D eigenvalue weighted by atomic mass is 35.6. The van der Waals surface area contributed by atoms with Crippen molar-refractivity contribution in [3.63, 3.8) is 0 Å². The second-order valence-electron chi connectivity index (χ2n) is 5.69. The molecule has 1 amide bonds. The summed E-state index contributed by atoms with van der Waals surface area (Å²) in [7, 11) is 0. The number of alkyl halides is 3. The van der Waals surface area contributed by atoms with Crippen LogP contribution in [0.2, 0.25) is 5.02 Å². The monoisotopic (exact) mass is 477 g/mol. The molecule has 0 aromatic heterocycles. The molecule has 0 unspecified atom stereocenters. The third-order valence-electron chi connectivity index (χ3n) is 3.53. The maximum atomic E-state index is 12.4. The van der Waals surface area contributed by atoms with Crippen LogP contribution in [0.1, 0.15) is 27.6 Å². The number of Topliss-reactive ketones (excluding diaryl/α,β-unsaturated/α-hetero) is 1. The Hall–Kier alpha value is -1.57. The molecule has 10 heteroatoms. The van der Waals surface area contributed by atoms with Crippen molar-refractivity contribution >= 4 is 81.1 Å². The lowest BCUT2D eigenvalue weighted by Crippen LogP contribution is -2.56. The van der Waals surface area contributed by atoms with Crippen molar-refractivity contribution in [2.24, 2.45) is 0 Å². The molecule has 3 N–H and O–H groups in total. The number of carbonyl (C=O) groups is 2. The molecule has 0 fully saturated rings. The molecule has 0 saturated heterocycles. The van der Waals surface area contributed by atoms with Gasteiger partial charge in [0.05, 0.1) is 0 Å². The van der Waals surface area contributed by atoms with Gasteiger partial charge in [0, 0.05) is 21.8 Å². The van der Waals surface area contributed by atoms with Gasteiger partial charge in [-0.2, -0.15) is 0 Å². The van der Waals surface area contributed by atoms with Crippen LogP contribution in [0, 0.1) is 0 Å². The number of thiocarbonyl (C=S) groups is 1. The standard InChI is InChI=1S/C18H15Cl4N3O2S/c1-10(26)11-4-8-14(9-5-11)23-17(28)25-16(18(20,21)22)24-15(27)12-2-6-13(19)7-3-12/h2-9,16H,1H3,(H,24,27)(H2,23,25,28)/t16-/m1/s1. The lowest BCUT2D eigenvalue weighted by molar-refractivity contribution is 0.0933. The van der Waals surface area contributed by atoms with Crippen molar-refractivity contribution in [1.29, 1.82) is 0 Å². The first-order valence-corrected chi connectivity index (χ1v) is 9.80. The van der Waals surface area contributed by atoms with Gasteiger partial charge in [0.2, 0.25) is 3.79 Å². The highest BCUT2D eigenvalue weighted by Crippen LogP contribution is 2.29. The zero-order valence-electron chi connectivity index (χ0n) is 14.4. The van der Waals surface area contributed by atoms with Crippen LogP contribution in [0.15, 0.2) is 48.5 Å². The topological polar surface area (TPSA) is 70.2 Å². The van der Waals surface area contributed by atoms with Crippen LogP contribution in [0.25, 0.3) is 0 Å². The van der Waals surface area contributed by atoms with Gasteiger partial charge >= 0.3 is 0 Å². The van der Waals surface area contributed by atoms with Crippen LogP contribution < -0.4 is 16.0 Å². The van der Waals surface area contributed by atoms with Crippen molar-refractivity contribution in [2.45, 2.75) is 16.9 Å². The molecular formula is C18H15Cl4N3O2S. The molecule has 148 valence electrons. The Morgan fingerprint density at radius 3 is 1.96 bits per heavy atom. The van der Waals surface area contributed by atoms with Gasteiger partial charge < -0.3 is 16.0 Å². The van der Waals surface area contributed by atoms with Crippen molar-refractivity contribution in [3.8, 4) is 0 Å². The highest BCUT2D eigenvalue weighted by Gasteiger charge is 2.34. The summed E-state index contributed by atoms with van der Waals surface area (Å²) in [4.78, 5) is 23.7. The summed E-state index contributed by atoms with van der Waals surface area (Å²) in [5.74, 6) is -0.525. The van der Waals surface area contributed by atoms with Crippen LogP contribution in [-0.4, -0.2) is 26.8 Å². The minimum Gasteiger partial charge on any atom is -0.339 e. The smallest absolute Gasteiger partial charge is 0.252 e. The number of carbonyl (C=O) groups excluding carboxylic acids is 2. The molecule has 0 heterocycles. The quantitative estimate of drug-likeness (QED) is 0.245. The van der Waals surface area contributed by atoms with E-state index in [0.717, 1.165) is 0 Å². The Balaban J connectivity index is 2.04. The van der Waals surface area contributed by atoms with Crippen molar-refractivity contribution in [3.05, 3.63) is 64.7 Å². The third-order valence-corrected chi connectivity index (χ3v) is 4.66. The molecule has 5 nitrogen and oxygen atoms in total. The number of amides is 1. The summed E-state index contributed by atoms with van der Waals surface area (Å²) < 4.78 is -1.88. The predicted molar refractivity (Wildman–Crippen MR) is 119 cm³/mol. The Bertz CT molecular complexity index is 868. The first kappa shape index (κ1) is 22.7. The van der Waals surface area contributed by atoms with E-state index in [1.807, 2.05) is 0 Å². The van der Waals surface area contributed by atoms with E-state index in [2.05, 4.69) is 16.0 Å². The SMILES string of the molecule is CC(=O)c1ccc(NC(=S)N[C@@H](NC(=O)c2ccc(Cl)cc2)C(Cl)(Cl)Cl)cc1. The molecule has 0 aliphatic heterocycles. The van der Waals surface area contributed by atoms with E-state index < -0.39 is 15.9 Å². The summed E-state index contributed by atoms with van der Waals surface area (Å²) in [5, 5.41) is 8.83. The zero-order chi connectivity index (χ0) is 20.9. The molecular weight excluding hydrogens is 464 g/mol. The fourth-order valence-corrected chi connectivity index (χ4v) is 2.79. The van der Waals surface area contributed by atoms with Gasteiger partial charge in [-0.15, -0.1) is 0 Å². The Labute approximate surface area is 187 Å². The Kier molecular flexibility index (Phi) is 7.92. The van der Waals surface area contributed by atoms with E-state index in [9.17, 15) is 9.59 Å². The fraction of sp³-hybridized carbons (Fsp3) is 0.167. The number of ketones is 1. The minimum atomic E-state index is -1.88. The average molecular weight is 479 g/mol. The number of hydrogen-bond donors (Lipinski definition) is 3. The summed E-state index contributed by atoms with van der Waals surface area (Å²) >= 11 is 28.9. The van der Waals surface area contributed by atoms with Crippen LogP contribution in [-0.2, 0) is 0 Å². The number of nitrogens with one attached hydrogen (secondary N) is 3. The van der Waals surface area contributed by atoms with E-state index in [0.29, 0.717) is 21.8 Å². The van der Waals surface area contributed by atoms with Crippen molar-refractivity contribution in [1.82, 2.24) is 10.6 Å². The summed E-state index contributed by atoms with van der Waals surface area (Å²) in [6.45, 7) is 1.48. The number of halogens is 4. The van der Waals surface area contributed by atoms with E-state index in [1.165, 1.54) is 6.92 Å². The third kappa shape index (κ3) is 6.79. The van der Waals surface area contributed by atoms with Gasteiger partial charge in [0.25, 0.3) is 5.91 Å². The largest absolute Gasteiger partial charge is 0.339 e. The Morgan fingerprint density at radius 2 is 1.46 bits per heavy atom. The molecule has 0 bridgehead atoms. The molecule has 2 aromatic rings. The van der Waals surface area contributed by atoms with Crippen molar-refractivity contribution in [2.75, 3.05) is 5.32 Å². The normalized spacial score (nSPS) is 12.0. The van der Waals surface area contributed by atoms with E-state index in [4.69, 9.17) is 58.6 Å². The zero-order valence-corrected chi connectivity index (χ0v) is 18.3. The predicted octanol–water partition coefficient (Wildman–Crippen LogP) is 4.96. The molecule has 0 aliphatic rings. The Morgan fingerprint density at radius 1 is 0.929 bits per heavy atom. The average Bonchev–Trinajstić information content (AvgIpc) is 2.61. The summed E-state index contributed by atoms with van der Waals surface area (Å²) in [5.41, 5.74) is 1.53. The van der Waals surface area contributed by atoms with Crippen LogP contribution in [0.4, 0.5) is 5.69 Å². The second-order valence-corrected chi connectivity index (χ2v) is 8.90. The van der Waals surface area contributed by atoms with Crippen molar-refractivity contribution < 1.29 is 9.59 Å². The molecule has 1 atom stereocenters. The molecule has 0 spiro atoms. The second kappa shape index (κ2) is 9.76. The number of hydrogen-bond acceptors (Lipinski definition) is 3. The van der Waals surface area contributed by atoms with Gasteiger partial charge in [-0.1, -0.05) is 46.4 Å². The maximum absolute atomic E-state index is 12.4. The maximum Gasteiger partial charge on any atom is 0.252 e.